The van der Waals surface area contributed by atoms with Crippen molar-refractivity contribution in [2.24, 2.45) is 0 Å². The van der Waals surface area contributed by atoms with E-state index in [2.05, 4.69) is 192 Å². The predicted molar refractivity (Wildman–Crippen MR) is 242 cm³/mol. The first-order valence-electron chi connectivity index (χ1n) is 19.6. The number of allylic oxidation sites excluding steroid dienone is 2. The van der Waals surface area contributed by atoms with E-state index in [1.54, 1.807) is 50.5 Å². The number of rotatable bonds is 4. The summed E-state index contributed by atoms with van der Waals surface area (Å²) < 4.78 is 6.19. The van der Waals surface area contributed by atoms with Crippen molar-refractivity contribution in [1.29, 1.82) is 0 Å². The second kappa shape index (κ2) is 16.1. The Morgan fingerprint density at radius 2 is 0.750 bits per heavy atom. The molecule has 6 aromatic carbocycles. The maximum atomic E-state index is 3.50. The molecule has 4 nitrogen and oxygen atoms in total. The van der Waals surface area contributed by atoms with E-state index in [4.69, 9.17) is 0 Å². The Morgan fingerprint density at radius 3 is 1.05 bits per heavy atom. The molecule has 0 N–H and O–H groups in total. The summed E-state index contributed by atoms with van der Waals surface area (Å²) in [6.45, 7) is 10.1. The van der Waals surface area contributed by atoms with Gasteiger partial charge in [0.2, 0.25) is 0 Å². The average molecular weight is 826 g/mol. The van der Waals surface area contributed by atoms with Gasteiger partial charge in [0, 0.05) is 0 Å². The van der Waals surface area contributed by atoms with Crippen molar-refractivity contribution in [3.8, 4) is 11.4 Å². The van der Waals surface area contributed by atoms with Gasteiger partial charge >= 0.3 is 303 Å². The minimum Gasteiger partial charge on any atom is -0.668 e. The summed E-state index contributed by atoms with van der Waals surface area (Å²) in [4.78, 5) is 0. The van der Waals surface area contributed by atoms with Crippen molar-refractivity contribution in [3.63, 3.8) is 0 Å². The fourth-order valence-electron chi connectivity index (χ4n) is 9.40. The van der Waals surface area contributed by atoms with Crippen LogP contribution < -0.4 is 0 Å². The van der Waals surface area contributed by atoms with Crippen LogP contribution in [-0.4, -0.2) is 42.8 Å². The zero-order chi connectivity index (χ0) is 39.1. The van der Waals surface area contributed by atoms with Crippen molar-refractivity contribution in [2.75, 3.05) is 28.2 Å². The number of aromatic nitrogens is 2. The summed E-state index contributed by atoms with van der Waals surface area (Å²) >= 11 is -2.27. The van der Waals surface area contributed by atoms with Crippen molar-refractivity contribution in [1.82, 2.24) is 9.13 Å². The second-order valence-corrected chi connectivity index (χ2v) is 33.2. The normalized spacial score (nSPS) is 15.3. The molecule has 0 saturated heterocycles. The number of hydrogen-bond donors (Lipinski definition) is 0. The van der Waals surface area contributed by atoms with E-state index in [9.17, 15) is 0 Å². The van der Waals surface area contributed by atoms with E-state index in [-0.39, 0.29) is 0 Å². The Hall–Kier alpha value is -4.58. The first-order chi connectivity index (χ1) is 27.3. The van der Waals surface area contributed by atoms with Crippen LogP contribution in [0.2, 0.25) is 13.1 Å². The summed E-state index contributed by atoms with van der Waals surface area (Å²) in [6.07, 6.45) is 5.13. The molecule has 0 spiro atoms. The van der Waals surface area contributed by atoms with E-state index in [1.807, 2.05) is 0 Å². The summed E-state index contributed by atoms with van der Waals surface area (Å²) in [5.74, 6) is 0. The summed E-state index contributed by atoms with van der Waals surface area (Å²) in [6, 6.07) is 50.0. The molecule has 0 fully saturated rings. The van der Waals surface area contributed by atoms with Gasteiger partial charge in [-0.3, -0.25) is 0 Å². The molecule has 8 aromatic rings. The van der Waals surface area contributed by atoms with Gasteiger partial charge in [0.15, 0.2) is 0 Å². The molecule has 2 atom stereocenters. The van der Waals surface area contributed by atoms with E-state index in [1.165, 1.54) is 66.1 Å². The van der Waals surface area contributed by atoms with Gasteiger partial charge in [0.1, 0.15) is 0 Å². The van der Waals surface area contributed by atoms with Gasteiger partial charge < -0.3 is 10.6 Å². The molecule has 0 aliphatic heterocycles. The second-order valence-electron chi connectivity index (χ2n) is 15.3. The van der Waals surface area contributed by atoms with E-state index >= 15 is 0 Å². The number of benzene rings is 6. The fraction of sp³-hybridized carbons (Fsp3) is 0.200. The van der Waals surface area contributed by atoms with E-state index < -0.39 is 25.8 Å². The van der Waals surface area contributed by atoms with Gasteiger partial charge in [-0.2, -0.15) is 28.2 Å². The first-order valence-corrected chi connectivity index (χ1v) is 28.6. The summed E-state index contributed by atoms with van der Waals surface area (Å²) in [7, 11) is 7.00. The molecule has 10 rings (SSSR count). The van der Waals surface area contributed by atoms with Crippen LogP contribution in [0.25, 0.3) is 77.8 Å². The maximum absolute atomic E-state index is 3.50. The molecule has 0 radical (unpaired) electrons. The average Bonchev–Trinajstić information content (AvgIpc) is 3.93. The van der Waals surface area contributed by atoms with Crippen LogP contribution in [0, 0.1) is 0 Å². The molecule has 2 aliphatic rings. The van der Waals surface area contributed by atoms with Crippen molar-refractivity contribution < 1.29 is 20.4 Å². The van der Waals surface area contributed by atoms with Gasteiger partial charge in [-0.15, -0.1) is 0 Å². The Kier molecular flexibility index (Phi) is 11.0. The standard InChI is InChI=1S/2C22H16N.2C2H6N.C2H6Si.Zr/c2*1-15-13-16-7-6-12-22(19(16)14-15)23-20-10-4-2-8-17(20)18-9-3-5-11-21(18)23;3*1-3-2;/h2*2-14H,1H3;3*1-2H3;/q;;2*-1;;+2. The molecule has 2 heterocycles. The zero-order valence-corrected chi connectivity index (χ0v) is 37.3. The predicted octanol–water partition coefficient (Wildman–Crippen LogP) is 13.6. The molecule has 278 valence electrons. The van der Waals surface area contributed by atoms with Crippen LogP contribution in [0.4, 0.5) is 0 Å². The third-order valence-corrected chi connectivity index (χ3v) is 31.3. The molecular formula is C50H50N4SiZr. The molecule has 0 bridgehead atoms. The van der Waals surface area contributed by atoms with Crippen LogP contribution in [0.15, 0.2) is 145 Å². The molecule has 2 unspecified atom stereocenters. The topological polar surface area (TPSA) is 38.1 Å². The number of fused-ring (bicyclic) bond motifs is 8. The van der Waals surface area contributed by atoms with Crippen LogP contribution in [0.1, 0.15) is 43.4 Å². The smallest absolute Gasteiger partial charge is 0.162 e. The quantitative estimate of drug-likeness (QED) is 0.159. The Balaban J connectivity index is 0.000000694. The number of nitrogens with zero attached hydrogens (tertiary/aromatic N) is 4. The van der Waals surface area contributed by atoms with Crippen molar-refractivity contribution in [2.45, 2.75) is 34.2 Å². The van der Waals surface area contributed by atoms with Gasteiger partial charge in [-0.05, 0) is 0 Å². The number of para-hydroxylation sites is 4. The van der Waals surface area contributed by atoms with Crippen molar-refractivity contribution in [3.05, 3.63) is 177 Å². The van der Waals surface area contributed by atoms with Crippen LogP contribution in [-0.2, 0) is 20.4 Å². The van der Waals surface area contributed by atoms with Gasteiger partial charge in [0.25, 0.3) is 0 Å². The molecular weight excluding hydrogens is 776 g/mol. The van der Waals surface area contributed by atoms with Gasteiger partial charge in [-0.1, -0.05) is 0 Å². The SMILES string of the molecule is CC1=Cc2c(cccc2-n2c3ccccc3c3ccccc32)[CH]1[Zr+2]([CH]1C(C)=Cc2c1cccc2-n1c2ccccc2c2ccccc21)=[Si](C)C.C[N-]C.C[N-]C. The molecule has 2 aliphatic carbocycles. The largest absolute Gasteiger partial charge is 0.668 e. The van der Waals surface area contributed by atoms with Crippen molar-refractivity contribution >= 4 is 61.2 Å². The Labute approximate surface area is 339 Å². The Morgan fingerprint density at radius 1 is 0.446 bits per heavy atom. The first kappa shape index (κ1) is 38.3. The van der Waals surface area contributed by atoms with Gasteiger partial charge in [-0.25, -0.2) is 0 Å². The van der Waals surface area contributed by atoms with Gasteiger partial charge in [0.05, 0.1) is 0 Å². The summed E-state index contributed by atoms with van der Waals surface area (Å²) in [5.41, 5.74) is 16.4. The van der Waals surface area contributed by atoms with Crippen LogP contribution in [0.5, 0.6) is 0 Å². The third kappa shape index (κ3) is 6.32. The van der Waals surface area contributed by atoms with Crippen LogP contribution >= 0.6 is 0 Å². The monoisotopic (exact) mass is 824 g/mol. The zero-order valence-electron chi connectivity index (χ0n) is 33.8. The molecule has 56 heavy (non-hydrogen) atoms. The third-order valence-electron chi connectivity index (χ3n) is 11.4. The van der Waals surface area contributed by atoms with E-state index in [0.29, 0.717) is 7.25 Å². The summed E-state index contributed by atoms with van der Waals surface area (Å²) in [5, 5.41) is 12.3. The maximum Gasteiger partial charge on any atom is -0.162 e. The minimum atomic E-state index is -2.27. The molecule has 2 aromatic heterocycles. The number of hydrogen-bond acceptors (Lipinski definition) is 0. The minimum absolute atomic E-state index is 0.555. The molecule has 0 amide bonds. The Bertz CT molecular complexity index is 2570. The van der Waals surface area contributed by atoms with E-state index in [0.717, 1.165) is 0 Å². The molecule has 0 saturated carbocycles. The van der Waals surface area contributed by atoms with Crippen LogP contribution in [0.3, 0.4) is 0 Å². The fourth-order valence-corrected chi connectivity index (χ4v) is 30.1. The molecule has 6 heteroatoms.